The summed E-state index contributed by atoms with van der Waals surface area (Å²) in [5.74, 6) is -0.207. The summed E-state index contributed by atoms with van der Waals surface area (Å²) in [5, 5.41) is 15.6. The van der Waals surface area contributed by atoms with E-state index in [1.165, 1.54) is 12.1 Å². The van der Waals surface area contributed by atoms with Crippen LogP contribution in [0.5, 0.6) is 5.75 Å². The molecule has 0 amide bonds. The molecule has 0 bridgehead atoms. The van der Waals surface area contributed by atoms with Crippen LogP contribution in [0.1, 0.15) is 23.2 Å². The molecule has 126 valence electrons. The minimum absolute atomic E-state index is 0.175. The summed E-state index contributed by atoms with van der Waals surface area (Å²) in [7, 11) is 0. The maximum atomic E-state index is 11.1. The molecule has 2 aromatic carbocycles. The van der Waals surface area contributed by atoms with E-state index in [9.17, 15) is 4.79 Å². The Morgan fingerprint density at radius 1 is 1.29 bits per heavy atom. The highest BCUT2D eigenvalue weighted by molar-refractivity contribution is 5.91. The number of benzene rings is 2. The Hall–Kier alpha value is -2.73. The number of nitrogens with two attached hydrogens (primary N) is 1. The van der Waals surface area contributed by atoms with Gasteiger partial charge < -0.3 is 26.2 Å². The molecule has 2 aromatic rings. The van der Waals surface area contributed by atoms with Crippen LogP contribution in [0.25, 0.3) is 0 Å². The minimum atomic E-state index is -0.986. The molecular weight excluding hydrogens is 306 g/mol. The molecule has 5 N–H and O–H groups in total. The zero-order valence-electron chi connectivity index (χ0n) is 13.3. The van der Waals surface area contributed by atoms with Crippen molar-refractivity contribution in [1.29, 1.82) is 0 Å². The van der Waals surface area contributed by atoms with Gasteiger partial charge in [-0.05, 0) is 49.7 Å². The van der Waals surface area contributed by atoms with Gasteiger partial charge in [0.05, 0.1) is 16.9 Å². The van der Waals surface area contributed by atoms with Crippen LogP contribution in [-0.4, -0.2) is 30.3 Å². The van der Waals surface area contributed by atoms with Crippen molar-refractivity contribution in [3.8, 4) is 5.75 Å². The molecule has 0 aliphatic carbocycles. The average Bonchev–Trinajstić information content (AvgIpc) is 2.58. The number of rotatable bonds is 5. The van der Waals surface area contributed by atoms with Crippen LogP contribution < -0.4 is 21.1 Å². The number of carboxylic acids is 1. The van der Waals surface area contributed by atoms with E-state index >= 15 is 0 Å². The van der Waals surface area contributed by atoms with E-state index in [2.05, 4.69) is 10.6 Å². The second-order valence-corrected chi connectivity index (χ2v) is 5.85. The van der Waals surface area contributed by atoms with Crippen molar-refractivity contribution in [2.75, 3.05) is 24.1 Å². The molecule has 1 aliphatic heterocycles. The molecule has 0 radical (unpaired) electrons. The number of nitrogen functional groups attached to an aromatic ring is 1. The molecule has 1 atom stereocenters. The number of hydrogen-bond acceptors (Lipinski definition) is 5. The maximum Gasteiger partial charge on any atom is 0.335 e. The van der Waals surface area contributed by atoms with Crippen LogP contribution in [-0.2, 0) is 0 Å². The molecule has 1 saturated heterocycles. The van der Waals surface area contributed by atoms with Gasteiger partial charge in [-0.2, -0.15) is 0 Å². The fraction of sp³-hybridized carbons (Fsp3) is 0.278. The van der Waals surface area contributed by atoms with Crippen molar-refractivity contribution in [1.82, 2.24) is 5.32 Å². The van der Waals surface area contributed by atoms with Crippen molar-refractivity contribution in [2.45, 2.75) is 18.9 Å². The molecule has 1 fully saturated rings. The average molecular weight is 327 g/mol. The van der Waals surface area contributed by atoms with Crippen molar-refractivity contribution >= 4 is 23.0 Å². The van der Waals surface area contributed by atoms with Crippen LogP contribution >= 0.6 is 0 Å². The fourth-order valence-corrected chi connectivity index (χ4v) is 2.71. The Morgan fingerprint density at radius 2 is 2.17 bits per heavy atom. The Morgan fingerprint density at radius 3 is 2.92 bits per heavy atom. The third kappa shape index (κ3) is 3.97. The molecule has 1 heterocycles. The molecule has 1 unspecified atom stereocenters. The molecule has 0 aromatic heterocycles. The van der Waals surface area contributed by atoms with Crippen LogP contribution in [0.15, 0.2) is 42.5 Å². The van der Waals surface area contributed by atoms with Gasteiger partial charge in [-0.1, -0.05) is 6.07 Å². The largest absolute Gasteiger partial charge is 0.489 e. The predicted molar refractivity (Wildman–Crippen MR) is 94.1 cm³/mol. The Kier molecular flexibility index (Phi) is 4.86. The summed E-state index contributed by atoms with van der Waals surface area (Å²) in [4.78, 5) is 11.1. The van der Waals surface area contributed by atoms with E-state index in [-0.39, 0.29) is 11.7 Å². The first-order valence-electron chi connectivity index (χ1n) is 7.99. The van der Waals surface area contributed by atoms with E-state index in [0.29, 0.717) is 11.4 Å². The van der Waals surface area contributed by atoms with Crippen LogP contribution in [0.4, 0.5) is 17.1 Å². The van der Waals surface area contributed by atoms with Crippen molar-refractivity contribution in [3.05, 3.63) is 48.0 Å². The van der Waals surface area contributed by atoms with Crippen molar-refractivity contribution in [2.24, 2.45) is 0 Å². The number of nitrogens with one attached hydrogen (secondary N) is 2. The SMILES string of the molecule is Nc1ccc(C(=O)O)cc1Nc1cccc(OC2CCCNC2)c1. The Balaban J connectivity index is 1.74. The first kappa shape index (κ1) is 16.1. The number of anilines is 3. The molecule has 24 heavy (non-hydrogen) atoms. The first-order valence-corrected chi connectivity index (χ1v) is 7.99. The highest BCUT2D eigenvalue weighted by Crippen LogP contribution is 2.27. The van der Waals surface area contributed by atoms with E-state index in [1.807, 2.05) is 24.3 Å². The summed E-state index contributed by atoms with van der Waals surface area (Å²) < 4.78 is 6.00. The lowest BCUT2D eigenvalue weighted by Crippen LogP contribution is -2.37. The number of carbonyl (C=O) groups is 1. The van der Waals surface area contributed by atoms with E-state index in [4.69, 9.17) is 15.6 Å². The second kappa shape index (κ2) is 7.23. The van der Waals surface area contributed by atoms with Gasteiger partial charge in [0.1, 0.15) is 11.9 Å². The van der Waals surface area contributed by atoms with Gasteiger partial charge in [0.25, 0.3) is 0 Å². The Bertz CT molecular complexity index is 727. The predicted octanol–water partition coefficient (Wildman–Crippen LogP) is 2.84. The van der Waals surface area contributed by atoms with Gasteiger partial charge in [0.2, 0.25) is 0 Å². The zero-order valence-corrected chi connectivity index (χ0v) is 13.3. The summed E-state index contributed by atoms with van der Waals surface area (Å²) in [6, 6.07) is 12.2. The first-order chi connectivity index (χ1) is 11.6. The quantitative estimate of drug-likeness (QED) is 0.631. The van der Waals surface area contributed by atoms with E-state index < -0.39 is 5.97 Å². The fourth-order valence-electron chi connectivity index (χ4n) is 2.71. The van der Waals surface area contributed by atoms with Gasteiger partial charge in [0.15, 0.2) is 0 Å². The normalized spacial score (nSPS) is 17.2. The highest BCUT2D eigenvalue weighted by atomic mass is 16.5. The Labute approximate surface area is 140 Å². The minimum Gasteiger partial charge on any atom is -0.489 e. The summed E-state index contributed by atoms with van der Waals surface area (Å²) in [5.41, 5.74) is 7.96. The van der Waals surface area contributed by atoms with Gasteiger partial charge in [-0.15, -0.1) is 0 Å². The number of ether oxygens (including phenoxy) is 1. The standard InChI is InChI=1S/C18H21N3O3/c19-16-7-6-12(18(22)23)9-17(16)21-13-3-1-4-14(10-13)24-15-5-2-8-20-11-15/h1,3-4,6-7,9-10,15,20-21H,2,5,8,11,19H2,(H,22,23). The molecule has 6 heteroatoms. The lowest BCUT2D eigenvalue weighted by atomic mass is 10.1. The van der Waals surface area contributed by atoms with E-state index in [0.717, 1.165) is 37.4 Å². The third-order valence-corrected chi connectivity index (χ3v) is 3.97. The third-order valence-electron chi connectivity index (χ3n) is 3.97. The number of carboxylic acid groups (broad SMARTS) is 1. The summed E-state index contributed by atoms with van der Waals surface area (Å²) >= 11 is 0. The lowest BCUT2D eigenvalue weighted by molar-refractivity contribution is 0.0697. The molecule has 3 rings (SSSR count). The van der Waals surface area contributed by atoms with Gasteiger partial charge in [-0.3, -0.25) is 0 Å². The smallest absolute Gasteiger partial charge is 0.335 e. The molecular formula is C18H21N3O3. The summed E-state index contributed by atoms with van der Waals surface area (Å²) in [6.07, 6.45) is 2.33. The van der Waals surface area contributed by atoms with Crippen molar-refractivity contribution < 1.29 is 14.6 Å². The molecule has 0 spiro atoms. The van der Waals surface area contributed by atoms with Crippen LogP contribution in [0, 0.1) is 0 Å². The zero-order chi connectivity index (χ0) is 16.9. The topological polar surface area (TPSA) is 96.6 Å². The number of piperidine rings is 1. The lowest BCUT2D eigenvalue weighted by Gasteiger charge is -2.24. The van der Waals surface area contributed by atoms with E-state index in [1.54, 1.807) is 6.07 Å². The van der Waals surface area contributed by atoms with Crippen molar-refractivity contribution in [3.63, 3.8) is 0 Å². The van der Waals surface area contributed by atoms with Gasteiger partial charge in [-0.25, -0.2) is 4.79 Å². The van der Waals surface area contributed by atoms with Crippen LogP contribution in [0.2, 0.25) is 0 Å². The number of aromatic carboxylic acids is 1. The van der Waals surface area contributed by atoms with Gasteiger partial charge in [0, 0.05) is 18.3 Å². The molecule has 1 aliphatic rings. The number of hydrogen-bond donors (Lipinski definition) is 4. The van der Waals surface area contributed by atoms with Crippen LogP contribution in [0.3, 0.4) is 0 Å². The highest BCUT2D eigenvalue weighted by Gasteiger charge is 2.14. The monoisotopic (exact) mass is 327 g/mol. The van der Waals surface area contributed by atoms with Gasteiger partial charge >= 0.3 is 5.97 Å². The maximum absolute atomic E-state index is 11.1. The molecule has 6 nitrogen and oxygen atoms in total. The second-order valence-electron chi connectivity index (χ2n) is 5.85. The summed E-state index contributed by atoms with van der Waals surface area (Å²) in [6.45, 7) is 1.89. The molecule has 0 saturated carbocycles.